The zero-order chi connectivity index (χ0) is 17.3. The summed E-state index contributed by atoms with van der Waals surface area (Å²) in [5, 5.41) is 7.34. The highest BCUT2D eigenvalue weighted by atomic mass is 32.1. The molecule has 2 aliphatic rings. The smallest absolute Gasteiger partial charge is 0.287 e. The molecule has 2 saturated heterocycles. The van der Waals surface area contributed by atoms with Gasteiger partial charge in [0.1, 0.15) is 0 Å². The van der Waals surface area contributed by atoms with Crippen LogP contribution in [0.5, 0.6) is 0 Å². The van der Waals surface area contributed by atoms with Crippen LogP contribution in [0.1, 0.15) is 29.0 Å². The number of hydrogen-bond donors (Lipinski definition) is 1. The predicted molar refractivity (Wildman–Crippen MR) is 96.5 cm³/mol. The van der Waals surface area contributed by atoms with Crippen LogP contribution in [0.3, 0.4) is 0 Å². The van der Waals surface area contributed by atoms with E-state index in [0.717, 1.165) is 39.1 Å². The SMILES string of the molecule is Cn1ccnc1C(=O)NCCC1CCOC12CN(Cc1ccsc1)C2. The number of carbonyl (C=O) groups excluding carboxylic acids is 1. The van der Waals surface area contributed by atoms with Crippen molar-refractivity contribution in [2.45, 2.75) is 25.0 Å². The predicted octanol–water partition coefficient (Wildman–Crippen LogP) is 1.89. The number of aromatic nitrogens is 2. The first kappa shape index (κ1) is 16.8. The van der Waals surface area contributed by atoms with Crippen LogP contribution in [0.4, 0.5) is 0 Å². The fraction of sp³-hybridized carbons (Fsp3) is 0.556. The van der Waals surface area contributed by atoms with Gasteiger partial charge >= 0.3 is 0 Å². The lowest BCUT2D eigenvalue weighted by atomic mass is 9.79. The van der Waals surface area contributed by atoms with Gasteiger partial charge in [-0.1, -0.05) is 0 Å². The number of hydrogen-bond acceptors (Lipinski definition) is 5. The van der Waals surface area contributed by atoms with Crippen LogP contribution < -0.4 is 5.32 Å². The molecule has 2 aromatic heterocycles. The molecule has 0 saturated carbocycles. The molecule has 2 aliphatic heterocycles. The number of rotatable bonds is 6. The van der Waals surface area contributed by atoms with Crippen LogP contribution in [0.15, 0.2) is 29.2 Å². The van der Waals surface area contributed by atoms with Gasteiger partial charge in [-0.25, -0.2) is 4.98 Å². The van der Waals surface area contributed by atoms with Crippen molar-refractivity contribution in [3.05, 3.63) is 40.6 Å². The Labute approximate surface area is 151 Å². The Morgan fingerprint density at radius 1 is 1.52 bits per heavy atom. The van der Waals surface area contributed by atoms with Crippen molar-refractivity contribution >= 4 is 17.2 Å². The average Bonchev–Trinajstić information content (AvgIpc) is 3.28. The molecule has 4 rings (SSSR count). The topological polar surface area (TPSA) is 59.4 Å². The fourth-order valence-electron chi connectivity index (χ4n) is 4.03. The van der Waals surface area contributed by atoms with Crippen LogP contribution >= 0.6 is 11.3 Å². The molecule has 0 radical (unpaired) electrons. The normalized spacial score (nSPS) is 22.2. The minimum absolute atomic E-state index is 0.00394. The van der Waals surface area contributed by atoms with E-state index in [1.165, 1.54) is 5.56 Å². The standard InChI is InChI=1S/C18H24N4O2S/c1-21-7-6-19-16(21)17(23)20-5-2-15-3-8-24-18(15)12-22(13-18)10-14-4-9-25-11-14/h4,6-7,9,11,15H,2-3,5,8,10,12-13H2,1H3,(H,20,23). The highest BCUT2D eigenvalue weighted by Crippen LogP contribution is 2.42. The van der Waals surface area contributed by atoms with Crippen LogP contribution in [-0.4, -0.2) is 52.2 Å². The number of nitrogens with one attached hydrogen (secondary N) is 1. The van der Waals surface area contributed by atoms with Crippen LogP contribution in [0.25, 0.3) is 0 Å². The van der Waals surface area contributed by atoms with Gasteiger partial charge in [-0.15, -0.1) is 0 Å². The molecule has 1 amide bonds. The Hall–Kier alpha value is -1.70. The molecule has 4 heterocycles. The molecular weight excluding hydrogens is 336 g/mol. The molecule has 7 heteroatoms. The lowest BCUT2D eigenvalue weighted by Gasteiger charge is -2.50. The first-order chi connectivity index (χ1) is 12.2. The number of carbonyl (C=O) groups is 1. The number of likely N-dealkylation sites (tertiary alicyclic amines) is 1. The molecule has 1 spiro atoms. The second-order valence-electron chi connectivity index (χ2n) is 7.08. The van der Waals surface area contributed by atoms with Gasteiger partial charge in [0.2, 0.25) is 0 Å². The second-order valence-corrected chi connectivity index (χ2v) is 7.86. The second kappa shape index (κ2) is 6.90. The molecule has 0 bridgehead atoms. The van der Waals surface area contributed by atoms with E-state index in [2.05, 4.69) is 32.0 Å². The van der Waals surface area contributed by atoms with Crippen molar-refractivity contribution < 1.29 is 9.53 Å². The third-order valence-corrected chi connectivity index (χ3v) is 6.10. The Morgan fingerprint density at radius 2 is 2.40 bits per heavy atom. The van der Waals surface area contributed by atoms with Gasteiger partial charge < -0.3 is 14.6 Å². The Balaban J connectivity index is 1.25. The summed E-state index contributed by atoms with van der Waals surface area (Å²) in [5.74, 6) is 0.879. The molecule has 1 atom stereocenters. The van der Waals surface area contributed by atoms with Crippen molar-refractivity contribution in [1.29, 1.82) is 0 Å². The summed E-state index contributed by atoms with van der Waals surface area (Å²) >= 11 is 1.75. The summed E-state index contributed by atoms with van der Waals surface area (Å²) in [6, 6.07) is 2.19. The van der Waals surface area contributed by atoms with E-state index in [4.69, 9.17) is 4.74 Å². The van der Waals surface area contributed by atoms with Crippen LogP contribution in [-0.2, 0) is 18.3 Å². The number of imidazole rings is 1. The number of aryl methyl sites for hydroxylation is 1. The Bertz CT molecular complexity index is 721. The average molecular weight is 360 g/mol. The monoisotopic (exact) mass is 360 g/mol. The molecule has 25 heavy (non-hydrogen) atoms. The Morgan fingerprint density at radius 3 is 3.12 bits per heavy atom. The highest BCUT2D eigenvalue weighted by molar-refractivity contribution is 7.07. The van der Waals surface area contributed by atoms with Crippen molar-refractivity contribution in [3.63, 3.8) is 0 Å². The minimum atomic E-state index is -0.104. The van der Waals surface area contributed by atoms with Crippen molar-refractivity contribution in [1.82, 2.24) is 19.8 Å². The maximum atomic E-state index is 12.1. The lowest BCUT2D eigenvalue weighted by Crippen LogP contribution is -2.64. The molecule has 134 valence electrons. The minimum Gasteiger partial charge on any atom is -0.372 e. The van der Waals surface area contributed by atoms with Gasteiger partial charge in [-0.3, -0.25) is 9.69 Å². The highest BCUT2D eigenvalue weighted by Gasteiger charge is 2.52. The van der Waals surface area contributed by atoms with Gasteiger partial charge in [0.05, 0.1) is 5.60 Å². The van der Waals surface area contributed by atoms with Crippen LogP contribution in [0, 0.1) is 5.92 Å². The van der Waals surface area contributed by atoms with E-state index in [9.17, 15) is 4.79 Å². The third kappa shape index (κ3) is 3.36. The van der Waals surface area contributed by atoms with E-state index in [1.54, 1.807) is 28.3 Å². The molecule has 6 nitrogen and oxygen atoms in total. The first-order valence-electron chi connectivity index (χ1n) is 8.79. The van der Waals surface area contributed by atoms with Crippen molar-refractivity contribution in [2.75, 3.05) is 26.2 Å². The van der Waals surface area contributed by atoms with Gasteiger partial charge in [0, 0.05) is 52.2 Å². The Kier molecular flexibility index (Phi) is 4.62. The third-order valence-electron chi connectivity index (χ3n) is 5.37. The summed E-state index contributed by atoms with van der Waals surface area (Å²) in [5.41, 5.74) is 1.39. The maximum absolute atomic E-state index is 12.1. The van der Waals surface area contributed by atoms with Gasteiger partial charge in [0.15, 0.2) is 5.82 Å². The number of thiophene rings is 1. The number of nitrogens with zero attached hydrogens (tertiary/aromatic N) is 3. The fourth-order valence-corrected chi connectivity index (χ4v) is 4.69. The van der Waals surface area contributed by atoms with E-state index in [0.29, 0.717) is 18.3 Å². The largest absolute Gasteiger partial charge is 0.372 e. The van der Waals surface area contributed by atoms with Gasteiger partial charge in [-0.2, -0.15) is 11.3 Å². The maximum Gasteiger partial charge on any atom is 0.287 e. The molecular formula is C18H24N4O2S. The van der Waals surface area contributed by atoms with Gasteiger partial charge in [-0.05, 0) is 41.1 Å². The summed E-state index contributed by atoms with van der Waals surface area (Å²) in [6.07, 6.45) is 5.48. The van der Waals surface area contributed by atoms with Crippen LogP contribution in [0.2, 0.25) is 0 Å². The van der Waals surface area contributed by atoms with Crippen molar-refractivity contribution in [2.24, 2.45) is 13.0 Å². The summed E-state index contributed by atoms with van der Waals surface area (Å²) in [6.45, 7) is 4.52. The number of amides is 1. The lowest BCUT2D eigenvalue weighted by molar-refractivity contribution is -0.136. The zero-order valence-electron chi connectivity index (χ0n) is 14.5. The summed E-state index contributed by atoms with van der Waals surface area (Å²) in [7, 11) is 1.83. The quantitative estimate of drug-likeness (QED) is 0.855. The summed E-state index contributed by atoms with van der Waals surface area (Å²) in [4.78, 5) is 18.7. The number of ether oxygens (including phenoxy) is 1. The molecule has 0 aromatic carbocycles. The molecule has 0 aliphatic carbocycles. The first-order valence-corrected chi connectivity index (χ1v) is 9.73. The molecule has 1 unspecified atom stereocenters. The van der Waals surface area contributed by atoms with E-state index in [1.807, 2.05) is 7.05 Å². The molecule has 2 aromatic rings. The molecule has 2 fully saturated rings. The van der Waals surface area contributed by atoms with Crippen molar-refractivity contribution in [3.8, 4) is 0 Å². The molecule has 1 N–H and O–H groups in total. The van der Waals surface area contributed by atoms with Gasteiger partial charge in [0.25, 0.3) is 5.91 Å². The summed E-state index contributed by atoms with van der Waals surface area (Å²) < 4.78 is 7.86. The van der Waals surface area contributed by atoms with E-state index < -0.39 is 0 Å². The van der Waals surface area contributed by atoms with E-state index in [-0.39, 0.29) is 11.5 Å². The van der Waals surface area contributed by atoms with E-state index >= 15 is 0 Å². The zero-order valence-corrected chi connectivity index (χ0v) is 15.3.